The summed E-state index contributed by atoms with van der Waals surface area (Å²) in [6, 6.07) is 15.2. The van der Waals surface area contributed by atoms with Crippen LogP contribution in [0.3, 0.4) is 0 Å². The fourth-order valence-corrected chi connectivity index (χ4v) is 5.75. The molecule has 0 saturated carbocycles. The molecule has 5 aromatic rings. The van der Waals surface area contributed by atoms with Crippen molar-refractivity contribution in [3.8, 4) is 17.0 Å². The molecule has 0 atom stereocenters. The second-order valence-electron chi connectivity index (χ2n) is 9.55. The average Bonchev–Trinajstić information content (AvgIpc) is 3.47. The number of aryl methyl sites for hydroxylation is 3. The van der Waals surface area contributed by atoms with Gasteiger partial charge in [-0.2, -0.15) is 10.2 Å². The zero-order valence-electron chi connectivity index (χ0n) is 22.5. The van der Waals surface area contributed by atoms with Crippen LogP contribution < -0.4 is 9.64 Å². The third-order valence-electron chi connectivity index (χ3n) is 6.69. The highest BCUT2D eigenvalue weighted by atomic mass is 32.2. The fraction of sp³-hybridized carbons (Fsp3) is 0.172. The van der Waals surface area contributed by atoms with Crippen molar-refractivity contribution < 1.29 is 22.7 Å². The van der Waals surface area contributed by atoms with E-state index in [-0.39, 0.29) is 17.4 Å². The molecule has 3 aromatic carbocycles. The summed E-state index contributed by atoms with van der Waals surface area (Å²) in [5, 5.41) is 15.1. The van der Waals surface area contributed by atoms with E-state index in [0.717, 1.165) is 27.9 Å². The first-order valence-corrected chi connectivity index (χ1v) is 13.7. The lowest BCUT2D eigenvalue weighted by molar-refractivity contribution is -0.274. The van der Waals surface area contributed by atoms with Crippen molar-refractivity contribution in [1.29, 1.82) is 0 Å². The number of rotatable bonds is 5. The predicted molar refractivity (Wildman–Crippen MR) is 157 cm³/mol. The van der Waals surface area contributed by atoms with E-state index in [9.17, 15) is 18.0 Å². The summed E-state index contributed by atoms with van der Waals surface area (Å²) < 4.78 is 43.3. The molecule has 0 bridgehead atoms. The molecule has 6 rings (SSSR count). The first kappa shape index (κ1) is 27.4. The Labute approximate surface area is 241 Å². The van der Waals surface area contributed by atoms with Crippen molar-refractivity contribution in [2.24, 2.45) is 17.3 Å². The molecule has 1 aliphatic heterocycles. The molecule has 212 valence electrons. The molecule has 0 spiro atoms. The third-order valence-corrected chi connectivity index (χ3v) is 7.60. The van der Waals surface area contributed by atoms with Crippen LogP contribution >= 0.6 is 11.8 Å². The standard InChI is InChI=1S/C29H22F3N7O2S/c1-16-5-4-6-17(2)26(16)39-24(40)15-42-28(39)36-34-14-23-33-13-21-22(35-23)12-11-20-25(21)37-38(3)27(20)18-7-9-19(10-8-18)41-29(30,31)32/h4-14H,15H2,1-3H3. The van der Waals surface area contributed by atoms with Crippen LogP contribution in [0.4, 0.5) is 18.9 Å². The lowest BCUT2D eigenvalue weighted by atomic mass is 10.1. The third kappa shape index (κ3) is 5.18. The number of carbonyl (C=O) groups is 1. The van der Waals surface area contributed by atoms with Crippen molar-refractivity contribution in [2.45, 2.75) is 20.2 Å². The maximum atomic E-state index is 12.7. The van der Waals surface area contributed by atoms with Gasteiger partial charge in [-0.1, -0.05) is 30.0 Å². The molecule has 0 unspecified atom stereocenters. The van der Waals surface area contributed by atoms with Gasteiger partial charge in [0.25, 0.3) is 0 Å². The van der Waals surface area contributed by atoms with E-state index in [1.54, 1.807) is 35.0 Å². The van der Waals surface area contributed by atoms with Crippen molar-refractivity contribution in [3.05, 3.63) is 77.7 Å². The Hall–Kier alpha value is -4.78. The van der Waals surface area contributed by atoms with Gasteiger partial charge in [0.05, 0.1) is 28.9 Å². The molecule has 13 heteroatoms. The van der Waals surface area contributed by atoms with Crippen LogP contribution in [0.2, 0.25) is 0 Å². The Morgan fingerprint density at radius 2 is 1.76 bits per heavy atom. The monoisotopic (exact) mass is 589 g/mol. The molecule has 1 saturated heterocycles. The summed E-state index contributed by atoms with van der Waals surface area (Å²) in [6.07, 6.45) is -1.68. The number of halogens is 3. The minimum absolute atomic E-state index is 0.0577. The van der Waals surface area contributed by atoms with Gasteiger partial charge in [0.1, 0.15) is 11.3 Å². The first-order chi connectivity index (χ1) is 20.1. The highest BCUT2D eigenvalue weighted by molar-refractivity contribution is 8.15. The lowest BCUT2D eigenvalue weighted by Crippen LogP contribution is -2.30. The van der Waals surface area contributed by atoms with Gasteiger partial charge in [-0.3, -0.25) is 14.4 Å². The van der Waals surface area contributed by atoms with E-state index >= 15 is 0 Å². The number of nitrogens with zero attached hydrogens (tertiary/aromatic N) is 7. The number of amidine groups is 1. The highest BCUT2D eigenvalue weighted by Crippen LogP contribution is 2.34. The molecule has 0 aliphatic carbocycles. The fourth-order valence-electron chi connectivity index (χ4n) is 4.94. The number of para-hydroxylation sites is 1. The zero-order valence-corrected chi connectivity index (χ0v) is 23.4. The van der Waals surface area contributed by atoms with Crippen LogP contribution in [-0.4, -0.2) is 49.2 Å². The second-order valence-corrected chi connectivity index (χ2v) is 10.5. The molecule has 0 radical (unpaired) electrons. The molecule has 1 amide bonds. The van der Waals surface area contributed by atoms with E-state index < -0.39 is 6.36 Å². The van der Waals surface area contributed by atoms with Gasteiger partial charge in [-0.05, 0) is 61.4 Å². The largest absolute Gasteiger partial charge is 0.573 e. The van der Waals surface area contributed by atoms with Gasteiger partial charge < -0.3 is 4.74 Å². The van der Waals surface area contributed by atoms with Gasteiger partial charge in [-0.15, -0.1) is 18.3 Å². The van der Waals surface area contributed by atoms with Gasteiger partial charge in [0.2, 0.25) is 5.91 Å². The average molecular weight is 590 g/mol. The van der Waals surface area contributed by atoms with Crippen LogP contribution in [0.1, 0.15) is 17.0 Å². The second kappa shape index (κ2) is 10.6. The molecule has 1 aliphatic rings. The van der Waals surface area contributed by atoms with Gasteiger partial charge in [-0.25, -0.2) is 9.97 Å². The number of aromatic nitrogens is 4. The maximum Gasteiger partial charge on any atom is 0.573 e. The summed E-state index contributed by atoms with van der Waals surface area (Å²) in [6.45, 7) is 3.90. The Kier molecular flexibility index (Phi) is 6.89. The number of ether oxygens (including phenoxy) is 1. The van der Waals surface area contributed by atoms with E-state index in [2.05, 4.69) is 30.0 Å². The minimum atomic E-state index is -4.76. The number of fused-ring (bicyclic) bond motifs is 3. The van der Waals surface area contributed by atoms with Crippen LogP contribution in [-0.2, 0) is 11.8 Å². The van der Waals surface area contributed by atoms with E-state index in [1.807, 2.05) is 44.2 Å². The Bertz CT molecular complexity index is 1900. The Morgan fingerprint density at radius 1 is 1.02 bits per heavy atom. The molecule has 0 N–H and O–H groups in total. The topological polar surface area (TPSA) is 97.9 Å². The smallest absolute Gasteiger partial charge is 0.406 e. The number of hydrogen-bond donors (Lipinski definition) is 0. The first-order valence-electron chi connectivity index (χ1n) is 12.7. The molecule has 3 heterocycles. The zero-order chi connectivity index (χ0) is 29.6. The minimum Gasteiger partial charge on any atom is -0.406 e. The Balaban J connectivity index is 1.28. The SMILES string of the molecule is Cc1cccc(C)c1N1C(=O)CSC1=NN=Cc1ncc2c(ccc3c(-c4ccc(OC(F)(F)F)cc4)n(C)nc32)n1. The van der Waals surface area contributed by atoms with Crippen LogP contribution in [0.25, 0.3) is 33.1 Å². The van der Waals surface area contributed by atoms with E-state index in [1.165, 1.54) is 30.1 Å². The number of amides is 1. The maximum absolute atomic E-state index is 12.7. The molecule has 9 nitrogen and oxygen atoms in total. The lowest BCUT2D eigenvalue weighted by Gasteiger charge is -2.20. The van der Waals surface area contributed by atoms with E-state index in [0.29, 0.717) is 33.0 Å². The number of thioether (sulfide) groups is 1. The van der Waals surface area contributed by atoms with Crippen LogP contribution in [0.5, 0.6) is 5.75 Å². The summed E-state index contributed by atoms with van der Waals surface area (Å²) in [5.41, 5.74) is 5.43. The number of alkyl halides is 3. The van der Waals surface area contributed by atoms with Crippen LogP contribution in [0, 0.1) is 13.8 Å². The van der Waals surface area contributed by atoms with Crippen LogP contribution in [0.15, 0.2) is 71.0 Å². The van der Waals surface area contributed by atoms with Crippen molar-refractivity contribution in [2.75, 3.05) is 10.7 Å². The summed E-state index contributed by atoms with van der Waals surface area (Å²) in [5.74, 6) is 0.252. The molecule has 42 heavy (non-hydrogen) atoms. The molecular weight excluding hydrogens is 567 g/mol. The highest BCUT2D eigenvalue weighted by Gasteiger charge is 2.32. The quantitative estimate of drug-likeness (QED) is 0.180. The Morgan fingerprint density at radius 3 is 2.48 bits per heavy atom. The van der Waals surface area contributed by atoms with E-state index in [4.69, 9.17) is 0 Å². The normalized spacial score (nSPS) is 15.1. The summed E-state index contributed by atoms with van der Waals surface area (Å²) in [4.78, 5) is 23.2. The van der Waals surface area contributed by atoms with Gasteiger partial charge in [0, 0.05) is 29.6 Å². The number of anilines is 1. The summed E-state index contributed by atoms with van der Waals surface area (Å²) in [7, 11) is 1.76. The van der Waals surface area contributed by atoms with Gasteiger partial charge in [0.15, 0.2) is 11.0 Å². The molecule has 1 fully saturated rings. The van der Waals surface area contributed by atoms with Crippen molar-refractivity contribution in [1.82, 2.24) is 19.7 Å². The summed E-state index contributed by atoms with van der Waals surface area (Å²) >= 11 is 1.32. The van der Waals surface area contributed by atoms with Crippen molar-refractivity contribution >= 4 is 56.5 Å². The van der Waals surface area contributed by atoms with Crippen molar-refractivity contribution in [3.63, 3.8) is 0 Å². The predicted octanol–water partition coefficient (Wildman–Crippen LogP) is 6.17. The number of carbonyl (C=O) groups excluding carboxylic acids is 1. The molecule has 2 aromatic heterocycles. The number of hydrogen-bond acceptors (Lipinski definition) is 8. The van der Waals surface area contributed by atoms with Gasteiger partial charge >= 0.3 is 6.36 Å². The molecular formula is C29H22F3N7O2S. The number of benzene rings is 3.